The first-order chi connectivity index (χ1) is 10.3. The lowest BCUT2D eigenvalue weighted by Crippen LogP contribution is -2.45. The number of amides is 1. The summed E-state index contributed by atoms with van der Waals surface area (Å²) in [5.74, 6) is 1.10. The molecule has 1 amide bonds. The number of carbonyl (C=O) groups excluding carboxylic acids is 1. The minimum atomic E-state index is 0.140. The molecule has 0 atom stereocenters. The molecule has 0 bridgehead atoms. The predicted molar refractivity (Wildman–Crippen MR) is 80.7 cm³/mol. The van der Waals surface area contributed by atoms with Gasteiger partial charge in [-0.3, -0.25) is 14.8 Å². The molecule has 1 aromatic rings. The van der Waals surface area contributed by atoms with Crippen molar-refractivity contribution >= 4 is 5.91 Å². The highest BCUT2D eigenvalue weighted by atomic mass is 16.1. The molecule has 2 heterocycles. The quantitative estimate of drug-likeness (QED) is 0.859. The molecule has 5 heteroatoms. The lowest BCUT2D eigenvalue weighted by Gasteiger charge is -2.32. The van der Waals surface area contributed by atoms with Gasteiger partial charge < -0.3 is 10.2 Å². The molecule has 0 unspecified atom stereocenters. The highest BCUT2D eigenvalue weighted by molar-refractivity contribution is 5.76. The van der Waals surface area contributed by atoms with E-state index in [0.29, 0.717) is 18.9 Å². The molecule has 1 aliphatic carbocycles. The highest BCUT2D eigenvalue weighted by Crippen LogP contribution is 2.30. The van der Waals surface area contributed by atoms with Crippen LogP contribution in [-0.4, -0.2) is 46.5 Å². The van der Waals surface area contributed by atoms with Gasteiger partial charge in [0.15, 0.2) is 0 Å². The molecule has 3 rings (SSSR count). The molecule has 1 aliphatic heterocycles. The van der Waals surface area contributed by atoms with Crippen molar-refractivity contribution in [1.29, 1.82) is 0 Å². The topological polar surface area (TPSA) is 58.1 Å². The van der Waals surface area contributed by atoms with Crippen molar-refractivity contribution in [2.45, 2.75) is 44.6 Å². The summed E-state index contributed by atoms with van der Waals surface area (Å²) in [7, 11) is 0. The summed E-state index contributed by atoms with van der Waals surface area (Å²) < 4.78 is 0. The zero-order valence-corrected chi connectivity index (χ0v) is 12.5. The van der Waals surface area contributed by atoms with Crippen molar-refractivity contribution in [3.8, 4) is 0 Å². The van der Waals surface area contributed by atoms with Gasteiger partial charge >= 0.3 is 0 Å². The Morgan fingerprint density at radius 2 is 2.05 bits per heavy atom. The van der Waals surface area contributed by atoms with Crippen LogP contribution in [0.4, 0.5) is 0 Å². The third-order valence-corrected chi connectivity index (χ3v) is 4.39. The smallest absolute Gasteiger partial charge is 0.220 e. The third kappa shape index (κ3) is 4.77. The number of aromatic nitrogens is 2. The van der Waals surface area contributed by atoms with E-state index in [2.05, 4.69) is 20.2 Å². The van der Waals surface area contributed by atoms with Crippen LogP contribution in [0.15, 0.2) is 18.6 Å². The van der Waals surface area contributed by atoms with Crippen molar-refractivity contribution in [2.24, 2.45) is 5.92 Å². The van der Waals surface area contributed by atoms with Crippen molar-refractivity contribution < 1.29 is 4.79 Å². The van der Waals surface area contributed by atoms with E-state index in [9.17, 15) is 4.79 Å². The summed E-state index contributed by atoms with van der Waals surface area (Å²) in [4.78, 5) is 22.7. The van der Waals surface area contributed by atoms with E-state index in [4.69, 9.17) is 0 Å². The van der Waals surface area contributed by atoms with E-state index < -0.39 is 0 Å². The number of carbonyl (C=O) groups is 1. The summed E-state index contributed by atoms with van der Waals surface area (Å²) in [6.45, 7) is 3.53. The predicted octanol–water partition coefficient (Wildman–Crippen LogP) is 1.40. The third-order valence-electron chi connectivity index (χ3n) is 4.39. The molecule has 0 spiro atoms. The molecule has 5 nitrogen and oxygen atoms in total. The fourth-order valence-electron chi connectivity index (χ4n) is 2.93. The molecule has 2 aliphatic rings. The average Bonchev–Trinajstić information content (AvgIpc) is 3.32. The van der Waals surface area contributed by atoms with Gasteiger partial charge in [0.2, 0.25) is 5.91 Å². The van der Waals surface area contributed by atoms with Crippen LogP contribution >= 0.6 is 0 Å². The van der Waals surface area contributed by atoms with E-state index >= 15 is 0 Å². The Kier molecular flexibility index (Phi) is 4.80. The van der Waals surface area contributed by atoms with Crippen molar-refractivity contribution in [3.05, 3.63) is 24.3 Å². The second-order valence-corrected chi connectivity index (χ2v) is 6.28. The van der Waals surface area contributed by atoms with Gasteiger partial charge in [0.05, 0.1) is 5.69 Å². The maximum Gasteiger partial charge on any atom is 0.220 e. The number of likely N-dealkylation sites (tertiary alicyclic amines) is 1. The maximum atomic E-state index is 12.0. The van der Waals surface area contributed by atoms with E-state index in [-0.39, 0.29) is 5.91 Å². The normalized spacial score (nSPS) is 20.4. The van der Waals surface area contributed by atoms with E-state index in [1.54, 1.807) is 18.6 Å². The summed E-state index contributed by atoms with van der Waals surface area (Å²) in [5, 5.41) is 3.16. The largest absolute Gasteiger partial charge is 0.353 e. The van der Waals surface area contributed by atoms with Crippen LogP contribution in [0, 0.1) is 5.92 Å². The Balaban J connectivity index is 1.33. The van der Waals surface area contributed by atoms with E-state index in [1.807, 2.05) is 0 Å². The molecule has 1 N–H and O–H groups in total. The minimum absolute atomic E-state index is 0.140. The summed E-state index contributed by atoms with van der Waals surface area (Å²) in [6.07, 6.45) is 11.2. The number of hydrogen-bond donors (Lipinski definition) is 1. The first-order valence-corrected chi connectivity index (χ1v) is 8.06. The first-order valence-electron chi connectivity index (χ1n) is 8.06. The number of piperidine rings is 1. The fraction of sp³-hybridized carbons (Fsp3) is 0.688. The maximum absolute atomic E-state index is 12.0. The fourth-order valence-corrected chi connectivity index (χ4v) is 2.93. The number of nitrogens with one attached hydrogen (secondary N) is 1. The Morgan fingerprint density at radius 1 is 1.24 bits per heavy atom. The second-order valence-electron chi connectivity index (χ2n) is 6.28. The van der Waals surface area contributed by atoms with Crippen LogP contribution in [0.25, 0.3) is 0 Å². The van der Waals surface area contributed by atoms with Gasteiger partial charge in [-0.15, -0.1) is 0 Å². The number of hydrogen-bond acceptors (Lipinski definition) is 4. The highest BCUT2D eigenvalue weighted by Gasteiger charge is 2.27. The Bertz CT molecular complexity index is 453. The second kappa shape index (κ2) is 6.98. The van der Waals surface area contributed by atoms with Gasteiger partial charge in [0.1, 0.15) is 0 Å². The summed E-state index contributed by atoms with van der Waals surface area (Å²) >= 11 is 0. The lowest BCUT2D eigenvalue weighted by atomic mass is 10.0. The Morgan fingerprint density at radius 3 is 2.71 bits per heavy atom. The molecule has 1 saturated heterocycles. The molecular formula is C16H24N4O. The van der Waals surface area contributed by atoms with Crippen LogP contribution < -0.4 is 5.32 Å². The summed E-state index contributed by atoms with van der Waals surface area (Å²) in [6, 6.07) is 0.356. The van der Waals surface area contributed by atoms with Crippen LogP contribution in [0.2, 0.25) is 0 Å². The Labute approximate surface area is 126 Å². The van der Waals surface area contributed by atoms with Gasteiger partial charge in [0, 0.05) is 50.7 Å². The Hall–Kier alpha value is -1.49. The van der Waals surface area contributed by atoms with E-state index in [0.717, 1.165) is 37.5 Å². The van der Waals surface area contributed by atoms with Gasteiger partial charge in [-0.05, 0) is 38.0 Å². The lowest BCUT2D eigenvalue weighted by molar-refractivity contribution is -0.122. The van der Waals surface area contributed by atoms with Crippen molar-refractivity contribution in [3.63, 3.8) is 0 Å². The average molecular weight is 288 g/mol. The zero-order valence-electron chi connectivity index (χ0n) is 12.5. The van der Waals surface area contributed by atoms with Gasteiger partial charge in [-0.2, -0.15) is 0 Å². The number of rotatable bonds is 6. The van der Waals surface area contributed by atoms with Gasteiger partial charge in [-0.25, -0.2) is 0 Å². The molecule has 114 valence electrons. The zero-order chi connectivity index (χ0) is 14.5. The molecule has 0 aromatic carbocycles. The van der Waals surface area contributed by atoms with Crippen LogP contribution in [-0.2, 0) is 11.2 Å². The monoisotopic (exact) mass is 288 g/mol. The minimum Gasteiger partial charge on any atom is -0.353 e. The summed E-state index contributed by atoms with van der Waals surface area (Å²) in [5.41, 5.74) is 0.881. The van der Waals surface area contributed by atoms with Crippen molar-refractivity contribution in [2.75, 3.05) is 19.6 Å². The molecule has 1 aromatic heterocycles. The number of aryl methyl sites for hydroxylation is 1. The molecule has 0 radical (unpaired) electrons. The SMILES string of the molecule is O=C(CCc1cnccn1)NC1CCN(CC2CC2)CC1. The standard InChI is InChI=1S/C16H24N4O/c21-16(4-3-15-11-17-7-8-18-15)19-14-5-9-20(10-6-14)12-13-1-2-13/h7-8,11,13-14H,1-6,9-10,12H2,(H,19,21). The first kappa shape index (κ1) is 14.4. The van der Waals surface area contributed by atoms with Crippen molar-refractivity contribution in [1.82, 2.24) is 20.2 Å². The molecular weight excluding hydrogens is 264 g/mol. The van der Waals surface area contributed by atoms with E-state index in [1.165, 1.54) is 19.4 Å². The molecule has 2 fully saturated rings. The van der Waals surface area contributed by atoms with Crippen LogP contribution in [0.5, 0.6) is 0 Å². The molecule has 21 heavy (non-hydrogen) atoms. The molecule has 1 saturated carbocycles. The van der Waals surface area contributed by atoms with Gasteiger partial charge in [-0.1, -0.05) is 0 Å². The van der Waals surface area contributed by atoms with Crippen LogP contribution in [0.3, 0.4) is 0 Å². The number of nitrogens with zero attached hydrogens (tertiary/aromatic N) is 3. The van der Waals surface area contributed by atoms with Crippen LogP contribution in [0.1, 0.15) is 37.8 Å². The van der Waals surface area contributed by atoms with Gasteiger partial charge in [0.25, 0.3) is 0 Å².